The largest absolute Gasteiger partial charge is 0.493 e. The highest BCUT2D eigenvalue weighted by Gasteiger charge is 2.04. The van der Waals surface area contributed by atoms with Gasteiger partial charge in [0.1, 0.15) is 5.75 Å². The molecular formula is C20H28ClNO. The Bertz CT molecular complexity index is 566. The number of benzene rings is 2. The second kappa shape index (κ2) is 10.3. The molecule has 0 saturated carbocycles. The number of hydrogen-bond acceptors (Lipinski definition) is 2. The highest BCUT2D eigenvalue weighted by atomic mass is 35.5. The maximum absolute atomic E-state index is 6.00. The van der Waals surface area contributed by atoms with Crippen molar-refractivity contribution < 1.29 is 4.74 Å². The second-order valence-corrected chi connectivity index (χ2v) is 6.13. The monoisotopic (exact) mass is 333 g/mol. The molecule has 2 rings (SSSR count). The Balaban J connectivity index is 0.00000264. The molecule has 0 bridgehead atoms. The molecule has 0 unspecified atom stereocenters. The van der Waals surface area contributed by atoms with E-state index in [0.717, 1.165) is 31.7 Å². The van der Waals surface area contributed by atoms with Crippen LogP contribution in [-0.2, 0) is 6.42 Å². The van der Waals surface area contributed by atoms with Crippen molar-refractivity contribution in [2.45, 2.75) is 26.2 Å². The Morgan fingerprint density at radius 3 is 2.30 bits per heavy atom. The molecule has 3 heteroatoms. The van der Waals surface area contributed by atoms with Crippen molar-refractivity contribution in [2.75, 3.05) is 27.2 Å². The smallest absolute Gasteiger partial charge is 0.122 e. The number of rotatable bonds is 8. The van der Waals surface area contributed by atoms with Crippen LogP contribution >= 0.6 is 12.4 Å². The molecule has 23 heavy (non-hydrogen) atoms. The van der Waals surface area contributed by atoms with Gasteiger partial charge in [-0.25, -0.2) is 0 Å². The van der Waals surface area contributed by atoms with Crippen molar-refractivity contribution in [3.8, 4) is 5.75 Å². The molecule has 0 atom stereocenters. The number of nitrogens with zero attached hydrogens (tertiary/aromatic N) is 1. The van der Waals surface area contributed by atoms with Gasteiger partial charge in [0.25, 0.3) is 0 Å². The van der Waals surface area contributed by atoms with Gasteiger partial charge < -0.3 is 9.64 Å². The first kappa shape index (κ1) is 19.5. The van der Waals surface area contributed by atoms with Crippen LogP contribution in [0.5, 0.6) is 5.75 Å². The Hall–Kier alpha value is -1.51. The van der Waals surface area contributed by atoms with E-state index >= 15 is 0 Å². The number of hydrogen-bond donors (Lipinski definition) is 0. The third kappa shape index (κ3) is 7.06. The minimum absolute atomic E-state index is 0. The topological polar surface area (TPSA) is 12.5 Å². The van der Waals surface area contributed by atoms with Crippen LogP contribution < -0.4 is 4.74 Å². The van der Waals surface area contributed by atoms with Gasteiger partial charge in [-0.05, 0) is 57.6 Å². The van der Waals surface area contributed by atoms with Gasteiger partial charge in [-0.1, -0.05) is 48.0 Å². The molecule has 0 aliphatic carbocycles. The zero-order valence-electron chi connectivity index (χ0n) is 14.4. The van der Waals surface area contributed by atoms with Crippen molar-refractivity contribution in [1.82, 2.24) is 4.90 Å². The molecule has 2 aromatic rings. The van der Waals surface area contributed by atoms with Crippen molar-refractivity contribution >= 4 is 12.4 Å². The molecule has 0 saturated heterocycles. The van der Waals surface area contributed by atoms with Crippen molar-refractivity contribution in [1.29, 1.82) is 0 Å². The van der Waals surface area contributed by atoms with Crippen LogP contribution in [0.2, 0.25) is 0 Å². The summed E-state index contributed by atoms with van der Waals surface area (Å²) in [6.45, 7) is 4.03. The average molecular weight is 334 g/mol. The van der Waals surface area contributed by atoms with Gasteiger partial charge in [-0.15, -0.1) is 12.4 Å². The zero-order chi connectivity index (χ0) is 15.8. The third-order valence-corrected chi connectivity index (χ3v) is 3.75. The van der Waals surface area contributed by atoms with Gasteiger partial charge in [0.05, 0.1) is 6.61 Å². The Labute approximate surface area is 146 Å². The van der Waals surface area contributed by atoms with Gasteiger partial charge in [0, 0.05) is 6.42 Å². The van der Waals surface area contributed by atoms with Crippen LogP contribution in [0, 0.1) is 6.92 Å². The van der Waals surface area contributed by atoms with Crippen LogP contribution in [-0.4, -0.2) is 32.1 Å². The quantitative estimate of drug-likeness (QED) is 0.648. The fourth-order valence-corrected chi connectivity index (χ4v) is 2.43. The summed E-state index contributed by atoms with van der Waals surface area (Å²) in [4.78, 5) is 2.21. The molecular weight excluding hydrogens is 306 g/mol. The van der Waals surface area contributed by atoms with Crippen LogP contribution in [0.15, 0.2) is 48.5 Å². The first-order chi connectivity index (χ1) is 10.6. The van der Waals surface area contributed by atoms with Gasteiger partial charge >= 0.3 is 0 Å². The van der Waals surface area contributed by atoms with Crippen molar-refractivity contribution in [2.24, 2.45) is 0 Å². The summed E-state index contributed by atoms with van der Waals surface area (Å²) in [5.74, 6) is 1.02. The molecule has 126 valence electrons. The van der Waals surface area contributed by atoms with E-state index in [9.17, 15) is 0 Å². The summed E-state index contributed by atoms with van der Waals surface area (Å²) >= 11 is 0. The van der Waals surface area contributed by atoms with E-state index in [0.29, 0.717) is 0 Å². The molecule has 0 fully saturated rings. The molecule has 0 heterocycles. The highest BCUT2D eigenvalue weighted by Crippen LogP contribution is 2.22. The normalized spacial score (nSPS) is 10.4. The molecule has 2 aromatic carbocycles. The maximum Gasteiger partial charge on any atom is 0.122 e. The molecule has 0 spiro atoms. The SMILES string of the molecule is Cc1ccc(Cc2ccccc2OCCCCN(C)C)cc1.Cl. The summed E-state index contributed by atoms with van der Waals surface area (Å²) in [5.41, 5.74) is 3.89. The lowest BCUT2D eigenvalue weighted by atomic mass is 10.0. The Morgan fingerprint density at radius 1 is 0.913 bits per heavy atom. The predicted molar refractivity (Wildman–Crippen MR) is 101 cm³/mol. The summed E-state index contributed by atoms with van der Waals surface area (Å²) < 4.78 is 6.00. The van der Waals surface area contributed by atoms with Crippen molar-refractivity contribution in [3.05, 3.63) is 65.2 Å². The maximum atomic E-state index is 6.00. The molecule has 0 aromatic heterocycles. The fraction of sp³-hybridized carbons (Fsp3) is 0.400. The van der Waals surface area contributed by atoms with Gasteiger partial charge in [-0.2, -0.15) is 0 Å². The summed E-state index contributed by atoms with van der Waals surface area (Å²) in [6.07, 6.45) is 3.19. The Kier molecular flexibility index (Phi) is 8.75. The lowest BCUT2D eigenvalue weighted by Crippen LogP contribution is -2.13. The second-order valence-electron chi connectivity index (χ2n) is 6.13. The molecule has 0 N–H and O–H groups in total. The molecule has 0 aliphatic heterocycles. The first-order valence-corrected chi connectivity index (χ1v) is 8.06. The molecule has 0 amide bonds. The number of halogens is 1. The van der Waals surface area contributed by atoms with E-state index in [2.05, 4.69) is 68.4 Å². The van der Waals surface area contributed by atoms with Crippen LogP contribution in [0.25, 0.3) is 0 Å². The average Bonchev–Trinajstić information content (AvgIpc) is 2.50. The number of ether oxygens (including phenoxy) is 1. The fourth-order valence-electron chi connectivity index (χ4n) is 2.43. The zero-order valence-corrected chi connectivity index (χ0v) is 15.2. The van der Waals surface area contributed by atoms with E-state index in [1.165, 1.54) is 23.1 Å². The van der Waals surface area contributed by atoms with Crippen LogP contribution in [0.4, 0.5) is 0 Å². The lowest BCUT2D eigenvalue weighted by Gasteiger charge is -2.13. The van der Waals surface area contributed by atoms with E-state index in [1.54, 1.807) is 0 Å². The van der Waals surface area contributed by atoms with Crippen LogP contribution in [0.1, 0.15) is 29.5 Å². The summed E-state index contributed by atoms with van der Waals surface area (Å²) in [5, 5.41) is 0. The van der Waals surface area contributed by atoms with Gasteiger partial charge in [0.15, 0.2) is 0 Å². The first-order valence-electron chi connectivity index (χ1n) is 8.06. The van der Waals surface area contributed by atoms with Crippen LogP contribution in [0.3, 0.4) is 0 Å². The third-order valence-electron chi connectivity index (χ3n) is 3.75. The number of para-hydroxylation sites is 1. The number of aryl methyl sites for hydroxylation is 1. The Morgan fingerprint density at radius 2 is 1.61 bits per heavy atom. The van der Waals surface area contributed by atoms with E-state index in [4.69, 9.17) is 4.74 Å². The minimum Gasteiger partial charge on any atom is -0.493 e. The molecule has 0 aliphatic rings. The molecule has 2 nitrogen and oxygen atoms in total. The molecule has 0 radical (unpaired) electrons. The summed E-state index contributed by atoms with van der Waals surface area (Å²) in [6, 6.07) is 17.1. The van der Waals surface area contributed by atoms with Gasteiger partial charge in [0.2, 0.25) is 0 Å². The lowest BCUT2D eigenvalue weighted by molar-refractivity contribution is 0.291. The van der Waals surface area contributed by atoms with E-state index in [1.807, 2.05) is 6.07 Å². The standard InChI is InChI=1S/C20H27NO.ClH/c1-17-10-12-18(13-11-17)16-19-8-4-5-9-20(19)22-15-7-6-14-21(2)3;/h4-5,8-13H,6-7,14-16H2,1-3H3;1H. The number of unbranched alkanes of at least 4 members (excludes halogenated alkanes) is 1. The highest BCUT2D eigenvalue weighted by molar-refractivity contribution is 5.85. The summed E-state index contributed by atoms with van der Waals surface area (Å²) in [7, 11) is 4.22. The van der Waals surface area contributed by atoms with E-state index in [-0.39, 0.29) is 12.4 Å². The predicted octanol–water partition coefficient (Wildman–Crippen LogP) is 4.73. The van der Waals surface area contributed by atoms with Gasteiger partial charge in [-0.3, -0.25) is 0 Å². The van der Waals surface area contributed by atoms with Crippen molar-refractivity contribution in [3.63, 3.8) is 0 Å². The van der Waals surface area contributed by atoms with E-state index < -0.39 is 0 Å². The minimum atomic E-state index is 0.